The molecule has 0 aromatic heterocycles. The molecule has 1 radical (unpaired) electrons. The van der Waals surface area contributed by atoms with Gasteiger partial charge in [0.15, 0.2) is 0 Å². The smallest absolute Gasteiger partial charge is 0.0351 e. The third kappa shape index (κ3) is 15.5. The fraction of sp³-hybridized carbons (Fsp3) is 0.706. The van der Waals surface area contributed by atoms with Crippen LogP contribution in [0.4, 0.5) is 0 Å². The van der Waals surface area contributed by atoms with Gasteiger partial charge in [0.2, 0.25) is 0 Å². The summed E-state index contributed by atoms with van der Waals surface area (Å²) in [5.74, 6) is 0. The highest BCUT2D eigenvalue weighted by atomic mass is 13.9. The van der Waals surface area contributed by atoms with E-state index in [2.05, 4.69) is 38.2 Å². The first-order valence-electron chi connectivity index (χ1n) is 7.51. The third-order valence-corrected chi connectivity index (χ3v) is 2.92. The van der Waals surface area contributed by atoms with E-state index < -0.39 is 0 Å². The van der Waals surface area contributed by atoms with E-state index in [1.54, 1.807) is 0 Å². The maximum absolute atomic E-state index is 3.85. The molecule has 0 aromatic carbocycles. The Morgan fingerprint density at radius 2 is 1.06 bits per heavy atom. The molecule has 0 saturated heterocycles. The molecular formula is C17H31. The van der Waals surface area contributed by atoms with Crippen molar-refractivity contribution in [1.82, 2.24) is 0 Å². The van der Waals surface area contributed by atoms with E-state index in [1.807, 2.05) is 0 Å². The van der Waals surface area contributed by atoms with E-state index in [1.165, 1.54) is 64.2 Å². The molecule has 0 aliphatic rings. The second kappa shape index (κ2) is 15.5. The van der Waals surface area contributed by atoms with Gasteiger partial charge >= 0.3 is 0 Å². The van der Waals surface area contributed by atoms with E-state index in [0.717, 1.165) is 6.42 Å². The Bertz CT molecular complexity index is 176. The van der Waals surface area contributed by atoms with Gasteiger partial charge in [0.05, 0.1) is 0 Å². The number of rotatable bonds is 12. The van der Waals surface area contributed by atoms with Crippen LogP contribution in [-0.2, 0) is 0 Å². The molecule has 0 heteroatoms. The summed E-state index contributed by atoms with van der Waals surface area (Å²) >= 11 is 0. The van der Waals surface area contributed by atoms with Gasteiger partial charge in [-0.1, -0.05) is 63.8 Å². The average Bonchev–Trinajstić information content (AvgIpc) is 2.35. The first kappa shape index (κ1) is 16.5. The van der Waals surface area contributed by atoms with E-state index in [-0.39, 0.29) is 0 Å². The van der Waals surface area contributed by atoms with Crippen molar-refractivity contribution < 1.29 is 0 Å². The zero-order valence-electron chi connectivity index (χ0n) is 11.8. The van der Waals surface area contributed by atoms with Crippen LogP contribution in [0.15, 0.2) is 24.3 Å². The molecule has 0 spiro atoms. The van der Waals surface area contributed by atoms with Gasteiger partial charge < -0.3 is 0 Å². The van der Waals surface area contributed by atoms with Crippen molar-refractivity contribution in [1.29, 1.82) is 0 Å². The van der Waals surface area contributed by atoms with Crippen LogP contribution in [0, 0.1) is 6.92 Å². The van der Waals surface area contributed by atoms with Gasteiger partial charge in [-0.15, -0.1) is 0 Å². The predicted octanol–water partition coefficient (Wildman–Crippen LogP) is 6.24. The van der Waals surface area contributed by atoms with Gasteiger partial charge in [-0.3, -0.25) is 0 Å². The van der Waals surface area contributed by atoms with Crippen LogP contribution >= 0.6 is 0 Å². The van der Waals surface area contributed by atoms with Crippen molar-refractivity contribution in [2.45, 2.75) is 77.6 Å². The summed E-state index contributed by atoms with van der Waals surface area (Å²) in [6.45, 7) is 6.10. The standard InChI is InChI=1S/C17H31/c1-3-5-7-9-11-13-15-17-16-14-12-10-8-6-4-2/h10-13H,1,3-9,14-17H2,2H3/b12-10+,13-11+. The summed E-state index contributed by atoms with van der Waals surface area (Å²) < 4.78 is 0. The first-order valence-corrected chi connectivity index (χ1v) is 7.51. The second-order valence-corrected chi connectivity index (χ2v) is 4.72. The predicted molar refractivity (Wildman–Crippen MR) is 80.1 cm³/mol. The van der Waals surface area contributed by atoms with Crippen LogP contribution in [0.1, 0.15) is 77.6 Å². The van der Waals surface area contributed by atoms with Crippen LogP contribution in [-0.4, -0.2) is 0 Å². The lowest BCUT2D eigenvalue weighted by Crippen LogP contribution is -1.74. The fourth-order valence-corrected chi connectivity index (χ4v) is 1.76. The van der Waals surface area contributed by atoms with E-state index >= 15 is 0 Å². The van der Waals surface area contributed by atoms with Crippen molar-refractivity contribution in [3.05, 3.63) is 31.2 Å². The SMILES string of the molecule is [CH2]CCCC/C=C/CCCC/C=C/CCCC. The van der Waals surface area contributed by atoms with Crippen LogP contribution in [0.2, 0.25) is 0 Å². The number of unbranched alkanes of at least 4 members (excludes halogenated alkanes) is 8. The normalized spacial score (nSPS) is 11.9. The van der Waals surface area contributed by atoms with Gasteiger partial charge in [0.25, 0.3) is 0 Å². The minimum absolute atomic E-state index is 1.08. The molecule has 0 rings (SSSR count). The Balaban J connectivity index is 3.09. The lowest BCUT2D eigenvalue weighted by Gasteiger charge is -1.94. The van der Waals surface area contributed by atoms with E-state index in [4.69, 9.17) is 0 Å². The number of hydrogen-bond donors (Lipinski definition) is 0. The first-order chi connectivity index (χ1) is 8.41. The van der Waals surface area contributed by atoms with Gasteiger partial charge in [-0.05, 0) is 44.9 Å². The molecule has 99 valence electrons. The lowest BCUT2D eigenvalue weighted by atomic mass is 10.1. The summed E-state index contributed by atoms with van der Waals surface area (Å²) in [7, 11) is 0. The maximum Gasteiger partial charge on any atom is -0.0351 e. The quantitative estimate of drug-likeness (QED) is 0.277. The fourth-order valence-electron chi connectivity index (χ4n) is 1.76. The summed E-state index contributed by atoms with van der Waals surface area (Å²) in [5, 5.41) is 0. The Labute approximate surface area is 109 Å². The summed E-state index contributed by atoms with van der Waals surface area (Å²) in [4.78, 5) is 0. The zero-order chi connectivity index (χ0) is 12.6. The minimum atomic E-state index is 1.08. The monoisotopic (exact) mass is 235 g/mol. The number of allylic oxidation sites excluding steroid dienone is 4. The molecule has 0 aliphatic carbocycles. The highest BCUT2D eigenvalue weighted by molar-refractivity contribution is 4.83. The molecule has 0 aromatic rings. The Hall–Kier alpha value is -0.520. The molecule has 0 nitrogen and oxygen atoms in total. The highest BCUT2D eigenvalue weighted by Gasteiger charge is 1.85. The van der Waals surface area contributed by atoms with Crippen LogP contribution in [0.5, 0.6) is 0 Å². The maximum atomic E-state index is 3.85. The van der Waals surface area contributed by atoms with Crippen molar-refractivity contribution >= 4 is 0 Å². The number of hydrogen-bond acceptors (Lipinski definition) is 0. The van der Waals surface area contributed by atoms with Crippen molar-refractivity contribution in [3.63, 3.8) is 0 Å². The molecule has 0 unspecified atom stereocenters. The van der Waals surface area contributed by atoms with Crippen LogP contribution in [0.3, 0.4) is 0 Å². The molecule has 0 heterocycles. The van der Waals surface area contributed by atoms with Crippen LogP contribution < -0.4 is 0 Å². The van der Waals surface area contributed by atoms with E-state index in [0.29, 0.717) is 0 Å². The Kier molecular flexibility index (Phi) is 15.0. The molecule has 0 atom stereocenters. The molecule has 0 amide bonds. The molecule has 0 aliphatic heterocycles. The Morgan fingerprint density at radius 3 is 1.47 bits per heavy atom. The average molecular weight is 235 g/mol. The zero-order valence-corrected chi connectivity index (χ0v) is 11.8. The molecule has 0 saturated carbocycles. The van der Waals surface area contributed by atoms with Gasteiger partial charge in [0, 0.05) is 0 Å². The van der Waals surface area contributed by atoms with Crippen molar-refractivity contribution in [2.75, 3.05) is 0 Å². The highest BCUT2D eigenvalue weighted by Crippen LogP contribution is 2.05. The molecule has 0 bridgehead atoms. The molecule has 0 fully saturated rings. The molecular weight excluding hydrogens is 204 g/mol. The lowest BCUT2D eigenvalue weighted by molar-refractivity contribution is 0.742. The van der Waals surface area contributed by atoms with Gasteiger partial charge in [0.1, 0.15) is 0 Å². The molecule has 17 heavy (non-hydrogen) atoms. The molecule has 0 N–H and O–H groups in total. The van der Waals surface area contributed by atoms with Crippen molar-refractivity contribution in [3.8, 4) is 0 Å². The second-order valence-electron chi connectivity index (χ2n) is 4.72. The Morgan fingerprint density at radius 1 is 0.647 bits per heavy atom. The summed E-state index contributed by atoms with van der Waals surface area (Å²) in [5.41, 5.74) is 0. The van der Waals surface area contributed by atoms with Crippen LogP contribution in [0.25, 0.3) is 0 Å². The summed E-state index contributed by atoms with van der Waals surface area (Å²) in [6, 6.07) is 0. The topological polar surface area (TPSA) is 0 Å². The largest absolute Gasteiger partial charge is 0.0885 e. The van der Waals surface area contributed by atoms with Crippen molar-refractivity contribution in [2.24, 2.45) is 0 Å². The minimum Gasteiger partial charge on any atom is -0.0885 e. The van der Waals surface area contributed by atoms with Gasteiger partial charge in [-0.25, -0.2) is 0 Å². The third-order valence-electron chi connectivity index (χ3n) is 2.92. The summed E-state index contributed by atoms with van der Waals surface area (Å²) in [6.07, 6.45) is 23.4. The van der Waals surface area contributed by atoms with Gasteiger partial charge in [-0.2, -0.15) is 0 Å². The van der Waals surface area contributed by atoms with E-state index in [9.17, 15) is 0 Å².